The standard InChI is InChI=1S/C19H32N4O3/c1-12(2)18-22-19(26-23-18)17(14-8-10-25-11-9-14)21-16-6-4-15(5-7-16)20-13(3)24/h12,14-17,21H,4-11H2,1-3H3,(H,20,24)/t15?,16?,17-/m1/s1. The summed E-state index contributed by atoms with van der Waals surface area (Å²) >= 11 is 0. The number of nitrogens with zero attached hydrogens (tertiary/aromatic N) is 2. The van der Waals surface area contributed by atoms with Crippen molar-refractivity contribution in [3.8, 4) is 0 Å². The number of rotatable bonds is 6. The molecule has 3 rings (SSSR count). The van der Waals surface area contributed by atoms with Gasteiger partial charge in [-0.15, -0.1) is 0 Å². The molecular weight excluding hydrogens is 332 g/mol. The zero-order valence-corrected chi connectivity index (χ0v) is 16.2. The fraction of sp³-hybridized carbons (Fsp3) is 0.842. The fourth-order valence-electron chi connectivity index (χ4n) is 4.01. The third-order valence-electron chi connectivity index (χ3n) is 5.53. The van der Waals surface area contributed by atoms with Crippen molar-refractivity contribution in [2.75, 3.05) is 13.2 Å². The van der Waals surface area contributed by atoms with Crippen LogP contribution in [-0.4, -0.2) is 41.3 Å². The number of amides is 1. The second kappa shape index (κ2) is 8.95. The molecule has 1 atom stereocenters. The van der Waals surface area contributed by atoms with Crippen LogP contribution in [0.5, 0.6) is 0 Å². The first-order valence-corrected chi connectivity index (χ1v) is 9.97. The molecule has 2 N–H and O–H groups in total. The van der Waals surface area contributed by atoms with Crippen molar-refractivity contribution in [2.24, 2.45) is 5.92 Å². The predicted molar refractivity (Wildman–Crippen MR) is 97.7 cm³/mol. The number of aromatic nitrogens is 2. The van der Waals surface area contributed by atoms with E-state index in [0.29, 0.717) is 23.9 Å². The Bertz CT molecular complexity index is 575. The summed E-state index contributed by atoms with van der Waals surface area (Å²) in [6.07, 6.45) is 6.15. The molecule has 1 saturated carbocycles. The van der Waals surface area contributed by atoms with E-state index in [4.69, 9.17) is 9.26 Å². The van der Waals surface area contributed by atoms with Gasteiger partial charge in [-0.05, 0) is 44.4 Å². The van der Waals surface area contributed by atoms with Gasteiger partial charge in [-0.1, -0.05) is 19.0 Å². The summed E-state index contributed by atoms with van der Waals surface area (Å²) in [5.74, 6) is 2.26. The molecular formula is C19H32N4O3. The van der Waals surface area contributed by atoms with Crippen LogP contribution in [0.25, 0.3) is 0 Å². The molecule has 0 radical (unpaired) electrons. The fourth-order valence-corrected chi connectivity index (χ4v) is 4.01. The van der Waals surface area contributed by atoms with E-state index < -0.39 is 0 Å². The molecule has 7 nitrogen and oxygen atoms in total. The van der Waals surface area contributed by atoms with Gasteiger partial charge in [0.05, 0.1) is 6.04 Å². The monoisotopic (exact) mass is 364 g/mol. The van der Waals surface area contributed by atoms with E-state index in [1.54, 1.807) is 6.92 Å². The largest absolute Gasteiger partial charge is 0.381 e. The lowest BCUT2D eigenvalue weighted by Crippen LogP contribution is -2.44. The van der Waals surface area contributed by atoms with Crippen LogP contribution in [0, 0.1) is 5.92 Å². The molecule has 0 spiro atoms. The van der Waals surface area contributed by atoms with Crippen molar-refractivity contribution in [3.63, 3.8) is 0 Å². The number of carbonyl (C=O) groups is 1. The highest BCUT2D eigenvalue weighted by Gasteiger charge is 2.33. The van der Waals surface area contributed by atoms with Crippen LogP contribution in [0.3, 0.4) is 0 Å². The Labute approximate surface area is 155 Å². The third kappa shape index (κ3) is 5.04. The van der Waals surface area contributed by atoms with Gasteiger partial charge in [0.15, 0.2) is 5.82 Å². The first-order chi connectivity index (χ1) is 12.5. The summed E-state index contributed by atoms with van der Waals surface area (Å²) in [5.41, 5.74) is 0. The summed E-state index contributed by atoms with van der Waals surface area (Å²) in [4.78, 5) is 15.9. The van der Waals surface area contributed by atoms with Crippen LogP contribution in [0.1, 0.15) is 83.0 Å². The molecule has 26 heavy (non-hydrogen) atoms. The lowest BCUT2D eigenvalue weighted by Gasteiger charge is -2.35. The number of ether oxygens (including phenoxy) is 1. The summed E-state index contributed by atoms with van der Waals surface area (Å²) in [6, 6.07) is 0.812. The molecule has 0 unspecified atom stereocenters. The zero-order chi connectivity index (χ0) is 18.5. The maximum Gasteiger partial charge on any atom is 0.244 e. The van der Waals surface area contributed by atoms with Crippen LogP contribution < -0.4 is 10.6 Å². The summed E-state index contributed by atoms with van der Waals surface area (Å²) in [5, 5.41) is 11.0. The topological polar surface area (TPSA) is 89.3 Å². The number of carbonyl (C=O) groups excluding carboxylic acids is 1. The van der Waals surface area contributed by atoms with E-state index in [1.807, 2.05) is 0 Å². The average molecular weight is 364 g/mol. The molecule has 7 heteroatoms. The van der Waals surface area contributed by atoms with Gasteiger partial charge in [0.25, 0.3) is 0 Å². The molecule has 1 aliphatic heterocycles. The van der Waals surface area contributed by atoms with E-state index in [1.165, 1.54) is 0 Å². The van der Waals surface area contributed by atoms with E-state index in [-0.39, 0.29) is 17.9 Å². The van der Waals surface area contributed by atoms with Gasteiger partial charge in [0, 0.05) is 38.1 Å². The summed E-state index contributed by atoms with van der Waals surface area (Å²) in [7, 11) is 0. The Morgan fingerprint density at radius 2 is 1.73 bits per heavy atom. The second-order valence-electron chi connectivity index (χ2n) is 7.99. The molecule has 1 aromatic heterocycles. The maximum absolute atomic E-state index is 11.3. The molecule has 0 aromatic carbocycles. The molecule has 1 aliphatic carbocycles. The van der Waals surface area contributed by atoms with Crippen LogP contribution in [0.2, 0.25) is 0 Å². The highest BCUT2D eigenvalue weighted by atomic mass is 16.5. The highest BCUT2D eigenvalue weighted by Crippen LogP contribution is 2.32. The van der Waals surface area contributed by atoms with Crippen molar-refractivity contribution in [2.45, 2.75) is 83.3 Å². The van der Waals surface area contributed by atoms with Crippen LogP contribution in [0.4, 0.5) is 0 Å². The minimum absolute atomic E-state index is 0.0635. The van der Waals surface area contributed by atoms with Gasteiger partial charge in [0.1, 0.15) is 0 Å². The van der Waals surface area contributed by atoms with Crippen molar-refractivity contribution in [1.82, 2.24) is 20.8 Å². The summed E-state index contributed by atoms with van der Waals surface area (Å²) in [6.45, 7) is 7.34. The van der Waals surface area contributed by atoms with Crippen molar-refractivity contribution in [3.05, 3.63) is 11.7 Å². The van der Waals surface area contributed by atoms with E-state index >= 15 is 0 Å². The maximum atomic E-state index is 11.3. The van der Waals surface area contributed by atoms with Crippen molar-refractivity contribution >= 4 is 5.91 Å². The highest BCUT2D eigenvalue weighted by molar-refractivity contribution is 5.73. The van der Waals surface area contributed by atoms with Crippen LogP contribution in [-0.2, 0) is 9.53 Å². The van der Waals surface area contributed by atoms with Crippen LogP contribution >= 0.6 is 0 Å². The van der Waals surface area contributed by atoms with Gasteiger partial charge in [0.2, 0.25) is 11.8 Å². The average Bonchev–Trinajstić information content (AvgIpc) is 3.11. The minimum atomic E-state index is 0.0635. The Morgan fingerprint density at radius 1 is 1.08 bits per heavy atom. The first-order valence-electron chi connectivity index (χ1n) is 9.97. The van der Waals surface area contributed by atoms with Crippen molar-refractivity contribution in [1.29, 1.82) is 0 Å². The molecule has 0 bridgehead atoms. The number of nitrogens with one attached hydrogen (secondary N) is 2. The lowest BCUT2D eigenvalue weighted by atomic mass is 9.87. The molecule has 1 amide bonds. The van der Waals surface area contributed by atoms with E-state index in [2.05, 4.69) is 34.6 Å². The molecule has 146 valence electrons. The molecule has 2 fully saturated rings. The smallest absolute Gasteiger partial charge is 0.244 e. The Kier molecular flexibility index (Phi) is 6.64. The SMILES string of the molecule is CC(=O)NC1CCC(N[C@@H](c2nc(C(C)C)no2)C2CCOCC2)CC1. The summed E-state index contributed by atoms with van der Waals surface area (Å²) < 4.78 is 11.2. The number of hydrogen-bond acceptors (Lipinski definition) is 6. The van der Waals surface area contributed by atoms with E-state index in [0.717, 1.165) is 57.6 Å². The first kappa shape index (κ1) is 19.3. The van der Waals surface area contributed by atoms with Crippen molar-refractivity contribution < 1.29 is 14.1 Å². The van der Waals surface area contributed by atoms with E-state index in [9.17, 15) is 4.79 Å². The normalized spacial score (nSPS) is 26.0. The van der Waals surface area contributed by atoms with Gasteiger partial charge in [-0.3, -0.25) is 4.79 Å². The third-order valence-corrected chi connectivity index (χ3v) is 5.53. The van der Waals surface area contributed by atoms with Gasteiger partial charge in [-0.25, -0.2) is 0 Å². The quantitative estimate of drug-likeness (QED) is 0.807. The molecule has 1 saturated heterocycles. The second-order valence-corrected chi connectivity index (χ2v) is 7.99. The molecule has 1 aromatic rings. The Morgan fingerprint density at radius 3 is 2.31 bits per heavy atom. The Hall–Kier alpha value is -1.47. The van der Waals surface area contributed by atoms with Gasteiger partial charge >= 0.3 is 0 Å². The zero-order valence-electron chi connectivity index (χ0n) is 16.2. The predicted octanol–water partition coefficient (Wildman–Crippen LogP) is 2.70. The Balaban J connectivity index is 1.65. The van der Waals surface area contributed by atoms with Crippen LogP contribution in [0.15, 0.2) is 4.52 Å². The van der Waals surface area contributed by atoms with Gasteiger partial charge in [-0.2, -0.15) is 4.98 Å². The minimum Gasteiger partial charge on any atom is -0.381 e. The molecule has 2 aliphatic rings. The number of hydrogen-bond donors (Lipinski definition) is 2. The van der Waals surface area contributed by atoms with Gasteiger partial charge < -0.3 is 19.9 Å². The lowest BCUT2D eigenvalue weighted by molar-refractivity contribution is -0.119. The molecule has 2 heterocycles.